The number of pyridine rings is 1. The van der Waals surface area contributed by atoms with E-state index in [0.29, 0.717) is 12.5 Å². The number of hydrogen-bond donors (Lipinski definition) is 2. The Bertz CT molecular complexity index is 975. The van der Waals surface area contributed by atoms with Gasteiger partial charge in [0.2, 0.25) is 0 Å². The minimum absolute atomic E-state index is 0.206. The maximum absolute atomic E-state index is 9.15. The lowest BCUT2D eigenvalue weighted by Gasteiger charge is -2.42. The largest absolute Gasteiger partial charge is 0.396 e. The van der Waals surface area contributed by atoms with Crippen molar-refractivity contribution in [2.75, 3.05) is 31.1 Å². The molecule has 4 heteroatoms. The van der Waals surface area contributed by atoms with Gasteiger partial charge >= 0.3 is 0 Å². The van der Waals surface area contributed by atoms with Crippen molar-refractivity contribution in [1.82, 2.24) is 4.98 Å². The zero-order chi connectivity index (χ0) is 25.1. The molecule has 4 nitrogen and oxygen atoms in total. The fourth-order valence-electron chi connectivity index (χ4n) is 6.46. The van der Waals surface area contributed by atoms with Crippen LogP contribution in [-0.2, 0) is 10.8 Å². The molecule has 0 amide bonds. The number of fused-ring (bicyclic) bond motifs is 1. The number of piperidine rings is 1. The number of nitrogens with zero attached hydrogens (tertiary/aromatic N) is 2. The van der Waals surface area contributed by atoms with Gasteiger partial charge < -0.3 is 15.7 Å². The highest BCUT2D eigenvalue weighted by atomic mass is 16.2. The molecule has 2 aliphatic rings. The third-order valence-electron chi connectivity index (χ3n) is 8.93. The summed E-state index contributed by atoms with van der Waals surface area (Å²) < 4.78 is 0. The summed E-state index contributed by atoms with van der Waals surface area (Å²) >= 11 is 0. The van der Waals surface area contributed by atoms with Crippen LogP contribution >= 0.6 is 0 Å². The molecule has 1 aliphatic carbocycles. The van der Waals surface area contributed by atoms with E-state index in [-0.39, 0.29) is 10.8 Å². The van der Waals surface area contributed by atoms with Crippen molar-refractivity contribution in [2.45, 2.75) is 89.9 Å². The van der Waals surface area contributed by atoms with Crippen molar-refractivity contribution in [2.24, 2.45) is 17.6 Å². The number of aliphatic hydroxyl groups is 1. The second-order valence-corrected chi connectivity index (χ2v) is 12.3. The molecule has 192 valence electrons. The SMILES string of the molecule is CC1(C)CCC(C)(C)c2cc(-c3cccc(N4CCC(C(CCN)CCCCO)CC4)n3)ccc21. The second kappa shape index (κ2) is 11.0. The summed E-state index contributed by atoms with van der Waals surface area (Å²) in [5.41, 5.74) is 11.7. The molecule has 0 saturated carbocycles. The van der Waals surface area contributed by atoms with Gasteiger partial charge in [0.1, 0.15) is 5.82 Å². The number of benzene rings is 1. The van der Waals surface area contributed by atoms with Gasteiger partial charge in [-0.2, -0.15) is 0 Å². The van der Waals surface area contributed by atoms with Gasteiger partial charge in [-0.25, -0.2) is 4.98 Å². The van der Waals surface area contributed by atoms with Crippen molar-refractivity contribution in [3.05, 3.63) is 47.5 Å². The lowest BCUT2D eigenvalue weighted by molar-refractivity contribution is 0.229. The van der Waals surface area contributed by atoms with Crippen LogP contribution in [0.1, 0.15) is 90.2 Å². The number of hydrogen-bond acceptors (Lipinski definition) is 4. The molecule has 0 radical (unpaired) electrons. The van der Waals surface area contributed by atoms with E-state index in [0.717, 1.165) is 56.3 Å². The van der Waals surface area contributed by atoms with Crippen LogP contribution in [0.2, 0.25) is 0 Å². The van der Waals surface area contributed by atoms with Crippen LogP contribution < -0.4 is 10.6 Å². The van der Waals surface area contributed by atoms with Crippen LogP contribution in [0.3, 0.4) is 0 Å². The number of anilines is 1. The van der Waals surface area contributed by atoms with Crippen molar-refractivity contribution in [3.8, 4) is 11.3 Å². The Kier molecular flexibility index (Phi) is 8.23. The number of nitrogens with two attached hydrogens (primary N) is 1. The summed E-state index contributed by atoms with van der Waals surface area (Å²) in [6.45, 7) is 12.7. The summed E-state index contributed by atoms with van der Waals surface area (Å²) in [5, 5.41) is 9.15. The first-order valence-electron chi connectivity index (χ1n) is 13.9. The highest BCUT2D eigenvalue weighted by Gasteiger charge is 2.37. The van der Waals surface area contributed by atoms with E-state index in [1.807, 2.05) is 0 Å². The Morgan fingerprint density at radius 3 is 2.37 bits per heavy atom. The molecule has 1 aromatic heterocycles. The number of aromatic nitrogens is 1. The Balaban J connectivity index is 1.48. The van der Waals surface area contributed by atoms with Crippen molar-refractivity contribution < 1.29 is 5.11 Å². The average Bonchev–Trinajstić information content (AvgIpc) is 2.86. The number of aliphatic hydroxyl groups excluding tert-OH is 1. The van der Waals surface area contributed by atoms with Crippen molar-refractivity contribution in [1.29, 1.82) is 0 Å². The fourth-order valence-corrected chi connectivity index (χ4v) is 6.46. The topological polar surface area (TPSA) is 62.4 Å². The summed E-state index contributed by atoms with van der Waals surface area (Å²) in [6, 6.07) is 13.6. The molecular weight excluding hydrogens is 430 g/mol. The van der Waals surface area contributed by atoms with Crippen LogP contribution in [0, 0.1) is 11.8 Å². The predicted octanol–water partition coefficient (Wildman–Crippen LogP) is 6.44. The number of unbranched alkanes of at least 4 members (excludes halogenated alkanes) is 1. The minimum atomic E-state index is 0.206. The lowest BCUT2D eigenvalue weighted by atomic mass is 9.63. The molecule has 1 aliphatic heterocycles. The average molecular weight is 478 g/mol. The molecule has 1 saturated heterocycles. The molecule has 0 bridgehead atoms. The molecule has 0 spiro atoms. The van der Waals surface area contributed by atoms with Gasteiger partial charge in [0.05, 0.1) is 5.69 Å². The normalized spacial score (nSPS) is 20.5. The molecule has 1 unspecified atom stereocenters. The predicted molar refractivity (Wildman–Crippen MR) is 148 cm³/mol. The summed E-state index contributed by atoms with van der Waals surface area (Å²) in [7, 11) is 0. The molecule has 2 heterocycles. The Morgan fingerprint density at radius 2 is 1.69 bits per heavy atom. The third-order valence-corrected chi connectivity index (χ3v) is 8.93. The smallest absolute Gasteiger partial charge is 0.129 e. The molecule has 4 rings (SSSR count). The minimum Gasteiger partial charge on any atom is -0.396 e. The van der Waals surface area contributed by atoms with Crippen LogP contribution in [0.5, 0.6) is 0 Å². The Hall–Kier alpha value is -1.91. The number of rotatable bonds is 9. The van der Waals surface area contributed by atoms with E-state index in [1.165, 1.54) is 48.8 Å². The van der Waals surface area contributed by atoms with Crippen molar-refractivity contribution >= 4 is 5.82 Å². The van der Waals surface area contributed by atoms with Crippen LogP contribution in [0.25, 0.3) is 11.3 Å². The fraction of sp³-hybridized carbons (Fsp3) is 0.645. The second-order valence-electron chi connectivity index (χ2n) is 12.3. The van der Waals surface area contributed by atoms with Gasteiger partial charge in [0.25, 0.3) is 0 Å². The zero-order valence-electron chi connectivity index (χ0n) is 22.5. The van der Waals surface area contributed by atoms with Gasteiger partial charge in [0.15, 0.2) is 0 Å². The quantitative estimate of drug-likeness (QED) is 0.408. The molecule has 3 N–H and O–H groups in total. The molecule has 2 aromatic rings. The summed E-state index contributed by atoms with van der Waals surface area (Å²) in [4.78, 5) is 7.62. The first kappa shape index (κ1) is 26.2. The van der Waals surface area contributed by atoms with Crippen LogP contribution in [0.4, 0.5) is 5.82 Å². The van der Waals surface area contributed by atoms with E-state index in [4.69, 9.17) is 15.8 Å². The van der Waals surface area contributed by atoms with E-state index in [1.54, 1.807) is 0 Å². The molecule has 1 fully saturated rings. The summed E-state index contributed by atoms with van der Waals surface area (Å²) in [6.07, 6.45) is 9.20. The zero-order valence-corrected chi connectivity index (χ0v) is 22.5. The standard InChI is InChI=1S/C31H47N3O/c1-30(2)16-17-31(3,4)27-22-25(11-12-26(27)30)28-9-7-10-29(33-28)34-19-14-24(15-20-34)23(13-18-32)8-5-6-21-35/h7,9-12,22-24,35H,5-6,8,13-21,32H2,1-4H3. The van der Waals surface area contributed by atoms with E-state index in [9.17, 15) is 0 Å². The van der Waals surface area contributed by atoms with Gasteiger partial charge in [0, 0.05) is 25.3 Å². The Morgan fingerprint density at radius 1 is 0.971 bits per heavy atom. The molecular formula is C31H47N3O. The third kappa shape index (κ3) is 5.91. The first-order valence-corrected chi connectivity index (χ1v) is 13.9. The monoisotopic (exact) mass is 477 g/mol. The van der Waals surface area contributed by atoms with E-state index in [2.05, 4.69) is 69.0 Å². The maximum Gasteiger partial charge on any atom is 0.129 e. The molecule has 1 aromatic carbocycles. The van der Waals surface area contributed by atoms with Crippen molar-refractivity contribution in [3.63, 3.8) is 0 Å². The van der Waals surface area contributed by atoms with E-state index >= 15 is 0 Å². The first-order chi connectivity index (χ1) is 16.7. The van der Waals surface area contributed by atoms with Gasteiger partial charge in [-0.3, -0.25) is 0 Å². The molecule has 1 atom stereocenters. The van der Waals surface area contributed by atoms with Crippen LogP contribution in [0.15, 0.2) is 36.4 Å². The lowest BCUT2D eigenvalue weighted by Crippen LogP contribution is -2.37. The van der Waals surface area contributed by atoms with Gasteiger partial charge in [-0.15, -0.1) is 0 Å². The van der Waals surface area contributed by atoms with Crippen LogP contribution in [-0.4, -0.2) is 36.3 Å². The highest BCUT2D eigenvalue weighted by Crippen LogP contribution is 2.46. The van der Waals surface area contributed by atoms with Gasteiger partial charge in [-0.1, -0.05) is 58.7 Å². The van der Waals surface area contributed by atoms with Gasteiger partial charge in [-0.05, 0) is 97.1 Å². The van der Waals surface area contributed by atoms with E-state index < -0.39 is 0 Å². The Labute approximate surface area is 213 Å². The highest BCUT2D eigenvalue weighted by molar-refractivity contribution is 5.65. The maximum atomic E-state index is 9.15. The summed E-state index contributed by atoms with van der Waals surface area (Å²) in [5.74, 6) is 2.54. The molecule has 35 heavy (non-hydrogen) atoms.